The molecule has 0 bridgehead atoms. The van der Waals surface area contributed by atoms with Crippen molar-refractivity contribution in [2.24, 2.45) is 0 Å². The van der Waals surface area contributed by atoms with Gasteiger partial charge >= 0.3 is 12.6 Å². The van der Waals surface area contributed by atoms with Crippen molar-refractivity contribution >= 4 is 27.5 Å². The van der Waals surface area contributed by atoms with E-state index in [2.05, 4.69) is 25.7 Å². The number of para-hydroxylation sites is 1. The SMILES string of the molecule is N#CCNC(=O)[C@H](CS(=O)(=O)Cc1ccccc1OC(F)F)NC(=O)Nc1ccncc1. The first-order chi connectivity index (χ1) is 15.2. The van der Waals surface area contributed by atoms with Crippen molar-refractivity contribution in [3.05, 3.63) is 54.4 Å². The van der Waals surface area contributed by atoms with Crippen LogP contribution >= 0.6 is 0 Å². The lowest BCUT2D eigenvalue weighted by Crippen LogP contribution is -2.51. The lowest BCUT2D eigenvalue weighted by atomic mass is 10.2. The average molecular weight is 467 g/mol. The van der Waals surface area contributed by atoms with Crippen LogP contribution in [0.4, 0.5) is 19.3 Å². The second-order valence-corrected chi connectivity index (χ2v) is 8.41. The van der Waals surface area contributed by atoms with Crippen molar-refractivity contribution in [2.75, 3.05) is 17.6 Å². The van der Waals surface area contributed by atoms with Gasteiger partial charge in [-0.3, -0.25) is 9.78 Å². The number of aromatic nitrogens is 1. The summed E-state index contributed by atoms with van der Waals surface area (Å²) >= 11 is 0. The molecule has 0 spiro atoms. The first-order valence-corrected chi connectivity index (χ1v) is 10.9. The average Bonchev–Trinajstić information content (AvgIpc) is 2.73. The van der Waals surface area contributed by atoms with Crippen molar-refractivity contribution < 1.29 is 31.5 Å². The Hall–Kier alpha value is -3.79. The Balaban J connectivity index is 2.16. The monoisotopic (exact) mass is 467 g/mol. The molecule has 0 unspecified atom stereocenters. The molecule has 1 aromatic heterocycles. The van der Waals surface area contributed by atoms with Gasteiger partial charge in [0.1, 0.15) is 18.3 Å². The molecule has 3 N–H and O–H groups in total. The summed E-state index contributed by atoms with van der Waals surface area (Å²) in [6, 6.07) is 7.52. The molecule has 1 atom stereocenters. The van der Waals surface area contributed by atoms with Gasteiger partial charge in [-0.25, -0.2) is 13.2 Å². The first kappa shape index (κ1) is 24.5. The van der Waals surface area contributed by atoms with E-state index in [1.165, 1.54) is 48.8 Å². The van der Waals surface area contributed by atoms with Crippen molar-refractivity contribution in [1.29, 1.82) is 5.26 Å². The maximum Gasteiger partial charge on any atom is 0.387 e. The molecular weight excluding hydrogens is 448 g/mol. The smallest absolute Gasteiger partial charge is 0.387 e. The molecule has 32 heavy (non-hydrogen) atoms. The van der Waals surface area contributed by atoms with Crippen molar-refractivity contribution in [1.82, 2.24) is 15.6 Å². The number of hydrogen-bond acceptors (Lipinski definition) is 7. The van der Waals surface area contributed by atoms with Crippen LogP contribution in [0.5, 0.6) is 5.75 Å². The van der Waals surface area contributed by atoms with Crippen LogP contribution in [0.2, 0.25) is 0 Å². The predicted molar refractivity (Wildman–Crippen MR) is 109 cm³/mol. The van der Waals surface area contributed by atoms with E-state index in [9.17, 15) is 26.8 Å². The van der Waals surface area contributed by atoms with E-state index >= 15 is 0 Å². The van der Waals surface area contributed by atoms with E-state index < -0.39 is 52.5 Å². The molecule has 1 aromatic carbocycles. The Bertz CT molecular complexity index is 1080. The van der Waals surface area contributed by atoms with E-state index in [0.29, 0.717) is 5.69 Å². The van der Waals surface area contributed by atoms with Gasteiger partial charge in [-0.05, 0) is 18.2 Å². The van der Waals surface area contributed by atoms with E-state index in [1.807, 2.05) is 0 Å². The minimum Gasteiger partial charge on any atom is -0.435 e. The van der Waals surface area contributed by atoms with Crippen molar-refractivity contribution in [3.8, 4) is 11.8 Å². The molecule has 2 aromatic rings. The summed E-state index contributed by atoms with van der Waals surface area (Å²) in [5.41, 5.74) is 0.305. The fraction of sp³-hybridized carbons (Fsp3) is 0.263. The van der Waals surface area contributed by atoms with E-state index in [0.717, 1.165) is 0 Å². The zero-order valence-corrected chi connectivity index (χ0v) is 17.3. The number of carbonyl (C=O) groups is 2. The molecule has 0 fully saturated rings. The molecule has 0 saturated carbocycles. The Labute approximate surface area is 182 Å². The molecule has 0 aliphatic heterocycles. The number of sulfone groups is 1. The van der Waals surface area contributed by atoms with E-state index in [-0.39, 0.29) is 11.3 Å². The largest absolute Gasteiger partial charge is 0.435 e. The minimum absolute atomic E-state index is 0.0368. The maximum absolute atomic E-state index is 12.7. The molecule has 1 heterocycles. The van der Waals surface area contributed by atoms with Gasteiger partial charge < -0.3 is 20.7 Å². The van der Waals surface area contributed by atoms with E-state index in [4.69, 9.17) is 5.26 Å². The number of ether oxygens (including phenoxy) is 1. The number of carbonyl (C=O) groups excluding carboxylic acids is 2. The first-order valence-electron chi connectivity index (χ1n) is 9.05. The second-order valence-electron chi connectivity index (χ2n) is 6.30. The molecule has 0 radical (unpaired) electrons. The quantitative estimate of drug-likeness (QED) is 0.447. The highest BCUT2D eigenvalue weighted by atomic mass is 32.2. The highest BCUT2D eigenvalue weighted by molar-refractivity contribution is 7.90. The van der Waals surface area contributed by atoms with Gasteiger partial charge in [-0.1, -0.05) is 18.2 Å². The Kier molecular flexibility index (Phi) is 8.84. The van der Waals surface area contributed by atoms with Crippen LogP contribution < -0.4 is 20.7 Å². The van der Waals surface area contributed by atoms with E-state index in [1.54, 1.807) is 6.07 Å². The lowest BCUT2D eigenvalue weighted by molar-refractivity contribution is -0.122. The number of halogens is 2. The molecule has 0 aliphatic rings. The Morgan fingerprint density at radius 3 is 2.50 bits per heavy atom. The van der Waals surface area contributed by atoms with Gasteiger partial charge in [0.2, 0.25) is 5.91 Å². The van der Waals surface area contributed by atoms with Crippen LogP contribution in [0, 0.1) is 11.3 Å². The number of hydrogen-bond donors (Lipinski definition) is 3. The number of rotatable bonds is 10. The summed E-state index contributed by atoms with van der Waals surface area (Å²) in [4.78, 5) is 28.4. The van der Waals surface area contributed by atoms with Crippen LogP contribution in [-0.4, -0.2) is 50.3 Å². The van der Waals surface area contributed by atoms with Crippen LogP contribution in [0.3, 0.4) is 0 Å². The fourth-order valence-electron chi connectivity index (χ4n) is 2.58. The summed E-state index contributed by atoms with van der Waals surface area (Å²) in [6.07, 6.45) is 2.83. The zero-order chi connectivity index (χ0) is 23.6. The van der Waals surface area contributed by atoms with Gasteiger partial charge in [-0.15, -0.1) is 0 Å². The van der Waals surface area contributed by atoms with Gasteiger partial charge in [-0.2, -0.15) is 14.0 Å². The molecule has 0 aliphatic carbocycles. The highest BCUT2D eigenvalue weighted by Gasteiger charge is 2.28. The van der Waals surface area contributed by atoms with Gasteiger partial charge in [0.25, 0.3) is 0 Å². The van der Waals surface area contributed by atoms with Crippen LogP contribution in [0.1, 0.15) is 5.56 Å². The molecule has 3 amide bonds. The third kappa shape index (κ3) is 8.15. The second kappa shape index (κ2) is 11.6. The molecule has 13 heteroatoms. The van der Waals surface area contributed by atoms with Gasteiger partial charge in [0, 0.05) is 23.6 Å². The Morgan fingerprint density at radius 1 is 1.16 bits per heavy atom. The summed E-state index contributed by atoms with van der Waals surface area (Å²) in [6.45, 7) is -3.56. The maximum atomic E-state index is 12.7. The summed E-state index contributed by atoms with van der Waals surface area (Å²) in [5.74, 6) is -2.79. The van der Waals surface area contributed by atoms with Gasteiger partial charge in [0.15, 0.2) is 9.84 Å². The van der Waals surface area contributed by atoms with Crippen molar-refractivity contribution in [3.63, 3.8) is 0 Å². The van der Waals surface area contributed by atoms with Crippen LogP contribution in [0.15, 0.2) is 48.8 Å². The van der Waals surface area contributed by atoms with Crippen molar-refractivity contribution in [2.45, 2.75) is 18.4 Å². The third-order valence-electron chi connectivity index (χ3n) is 3.89. The summed E-state index contributed by atoms with van der Waals surface area (Å²) < 4.78 is 54.9. The third-order valence-corrected chi connectivity index (χ3v) is 5.48. The standard InChI is InChI=1S/C19H19F2N5O5S/c20-18(21)31-16-4-2-1-3-13(16)11-32(29,30)12-15(17(27)24-10-7-22)26-19(28)25-14-5-8-23-9-6-14/h1-6,8-9,15,18H,10-12H2,(H,24,27)(H2,23,25,26,28)/t15-/m0/s1. The molecule has 2 rings (SSSR count). The molecule has 170 valence electrons. The fourth-order valence-corrected chi connectivity index (χ4v) is 4.15. The number of nitrogens with one attached hydrogen (secondary N) is 3. The number of nitrogens with zero attached hydrogens (tertiary/aromatic N) is 2. The predicted octanol–water partition coefficient (Wildman–Crippen LogP) is 1.43. The number of benzene rings is 1. The number of alkyl halides is 2. The molecule has 10 nitrogen and oxygen atoms in total. The number of pyridine rings is 1. The normalized spacial score (nSPS) is 11.8. The number of nitriles is 1. The minimum atomic E-state index is -4.10. The summed E-state index contributed by atoms with van der Waals surface area (Å²) in [7, 11) is -4.10. The summed E-state index contributed by atoms with van der Waals surface area (Å²) in [5, 5.41) is 15.5. The molecule has 0 saturated heterocycles. The van der Waals surface area contributed by atoms with Crippen LogP contribution in [0.25, 0.3) is 0 Å². The number of anilines is 1. The Morgan fingerprint density at radius 2 is 1.84 bits per heavy atom. The lowest BCUT2D eigenvalue weighted by Gasteiger charge is -2.19. The molecular formula is C19H19F2N5O5S. The zero-order valence-electron chi connectivity index (χ0n) is 16.5. The number of amides is 3. The van der Waals surface area contributed by atoms with Crippen LogP contribution in [-0.2, 0) is 20.4 Å². The topological polar surface area (TPSA) is 150 Å². The van der Waals surface area contributed by atoms with Gasteiger partial charge in [0.05, 0.1) is 17.6 Å². The highest BCUT2D eigenvalue weighted by Crippen LogP contribution is 2.23. The number of urea groups is 1.